The van der Waals surface area contributed by atoms with E-state index in [9.17, 15) is 9.59 Å². The van der Waals surface area contributed by atoms with Crippen LogP contribution in [-0.2, 0) is 9.59 Å². The number of carbonyl (C=O) groups excluding carboxylic acids is 2. The standard InChI is InChI=1S/C21H36N4O2/c22-8-5-15-6-10-24(11-7-15)21(27)19(14-17-3-4-17)25-12-9-23-18(20(25)26)13-16-1-2-16/h15-19,23H,1-14,22H2/t18-,19-/m0/s1. The molecule has 0 unspecified atom stereocenters. The van der Waals surface area contributed by atoms with Crippen LogP contribution in [0.5, 0.6) is 0 Å². The zero-order chi connectivity index (χ0) is 18.8. The lowest BCUT2D eigenvalue weighted by Gasteiger charge is -2.41. The molecule has 0 aromatic carbocycles. The molecule has 2 saturated carbocycles. The van der Waals surface area contributed by atoms with Crippen molar-refractivity contribution in [2.24, 2.45) is 23.5 Å². The third kappa shape index (κ3) is 4.83. The Morgan fingerprint density at radius 1 is 1.04 bits per heavy atom. The first kappa shape index (κ1) is 19.2. The molecule has 2 heterocycles. The van der Waals surface area contributed by atoms with Gasteiger partial charge in [0.05, 0.1) is 6.04 Å². The summed E-state index contributed by atoms with van der Waals surface area (Å²) in [6, 6.07) is -0.309. The zero-order valence-corrected chi connectivity index (χ0v) is 16.6. The summed E-state index contributed by atoms with van der Waals surface area (Å²) in [6.07, 6.45) is 9.93. The predicted octanol–water partition coefficient (Wildman–Crippen LogP) is 1.34. The van der Waals surface area contributed by atoms with Crippen molar-refractivity contribution in [3.8, 4) is 0 Å². The Bertz CT molecular complexity index is 538. The third-order valence-electron chi connectivity index (χ3n) is 7.01. The van der Waals surface area contributed by atoms with Crippen molar-refractivity contribution in [3.63, 3.8) is 0 Å². The molecule has 0 aromatic heterocycles. The Morgan fingerprint density at radius 2 is 1.74 bits per heavy atom. The summed E-state index contributed by atoms with van der Waals surface area (Å²) in [6.45, 7) is 3.89. The van der Waals surface area contributed by atoms with E-state index in [-0.39, 0.29) is 23.9 Å². The zero-order valence-electron chi connectivity index (χ0n) is 16.6. The third-order valence-corrected chi connectivity index (χ3v) is 7.01. The fourth-order valence-corrected chi connectivity index (χ4v) is 4.86. The molecule has 6 heteroatoms. The molecule has 4 aliphatic rings. The summed E-state index contributed by atoms with van der Waals surface area (Å²) in [5, 5.41) is 3.40. The molecule has 2 aliphatic heterocycles. The summed E-state index contributed by atoms with van der Waals surface area (Å²) in [7, 11) is 0. The molecule has 27 heavy (non-hydrogen) atoms. The van der Waals surface area contributed by atoms with Gasteiger partial charge in [-0.05, 0) is 56.4 Å². The van der Waals surface area contributed by atoms with Crippen LogP contribution in [0.3, 0.4) is 0 Å². The number of piperidine rings is 1. The minimum atomic E-state index is -0.236. The quantitative estimate of drug-likeness (QED) is 0.670. The van der Waals surface area contributed by atoms with E-state index < -0.39 is 0 Å². The van der Waals surface area contributed by atoms with Crippen LogP contribution >= 0.6 is 0 Å². The molecule has 2 aliphatic carbocycles. The molecule has 2 atom stereocenters. The van der Waals surface area contributed by atoms with E-state index in [0.717, 1.165) is 58.3 Å². The van der Waals surface area contributed by atoms with Crippen molar-refractivity contribution in [2.45, 2.75) is 69.9 Å². The Kier molecular flexibility index (Phi) is 6.02. The molecular weight excluding hydrogens is 340 g/mol. The summed E-state index contributed by atoms with van der Waals surface area (Å²) < 4.78 is 0. The van der Waals surface area contributed by atoms with Gasteiger partial charge >= 0.3 is 0 Å². The highest BCUT2D eigenvalue weighted by atomic mass is 16.2. The second-order valence-corrected chi connectivity index (χ2v) is 9.26. The molecule has 4 fully saturated rings. The molecule has 0 radical (unpaired) electrons. The van der Waals surface area contributed by atoms with E-state index in [4.69, 9.17) is 5.73 Å². The van der Waals surface area contributed by atoms with Crippen LogP contribution in [0.1, 0.15) is 57.8 Å². The van der Waals surface area contributed by atoms with Gasteiger partial charge in [-0.15, -0.1) is 0 Å². The lowest BCUT2D eigenvalue weighted by molar-refractivity contribution is -0.150. The minimum absolute atomic E-state index is 0.0731. The van der Waals surface area contributed by atoms with Gasteiger partial charge in [0, 0.05) is 26.2 Å². The molecule has 4 rings (SSSR count). The Morgan fingerprint density at radius 3 is 2.37 bits per heavy atom. The molecule has 0 bridgehead atoms. The van der Waals surface area contributed by atoms with Crippen LogP contribution in [0.15, 0.2) is 0 Å². The fourth-order valence-electron chi connectivity index (χ4n) is 4.86. The van der Waals surface area contributed by atoms with Gasteiger partial charge in [0.2, 0.25) is 11.8 Å². The van der Waals surface area contributed by atoms with Crippen LogP contribution in [0.2, 0.25) is 0 Å². The number of rotatable bonds is 8. The molecule has 2 saturated heterocycles. The number of nitrogens with one attached hydrogen (secondary N) is 1. The van der Waals surface area contributed by atoms with Crippen LogP contribution in [0, 0.1) is 17.8 Å². The second-order valence-electron chi connectivity index (χ2n) is 9.26. The van der Waals surface area contributed by atoms with Gasteiger partial charge in [0.1, 0.15) is 6.04 Å². The van der Waals surface area contributed by atoms with Crippen molar-refractivity contribution >= 4 is 11.8 Å². The topological polar surface area (TPSA) is 78.7 Å². The summed E-state index contributed by atoms with van der Waals surface area (Å²) in [5.74, 6) is 2.38. The number of hydrogen-bond donors (Lipinski definition) is 2. The van der Waals surface area contributed by atoms with E-state index >= 15 is 0 Å². The Balaban J connectivity index is 1.40. The van der Waals surface area contributed by atoms with E-state index in [1.165, 1.54) is 25.7 Å². The number of hydrogen-bond acceptors (Lipinski definition) is 4. The number of carbonyl (C=O) groups is 2. The summed E-state index contributed by atoms with van der Waals surface area (Å²) >= 11 is 0. The van der Waals surface area contributed by atoms with E-state index in [2.05, 4.69) is 5.32 Å². The normalized spacial score (nSPS) is 28.5. The average molecular weight is 377 g/mol. The van der Waals surface area contributed by atoms with Gasteiger partial charge in [-0.1, -0.05) is 25.7 Å². The van der Waals surface area contributed by atoms with Gasteiger partial charge in [-0.3, -0.25) is 9.59 Å². The Labute approximate surface area is 163 Å². The monoisotopic (exact) mass is 376 g/mol. The van der Waals surface area contributed by atoms with Crippen molar-refractivity contribution in [1.29, 1.82) is 0 Å². The average Bonchev–Trinajstić information content (AvgIpc) is 3.58. The molecule has 0 spiro atoms. The van der Waals surface area contributed by atoms with Crippen LogP contribution in [-0.4, -0.2) is 66.4 Å². The maximum Gasteiger partial charge on any atom is 0.245 e. The maximum absolute atomic E-state index is 13.4. The predicted molar refractivity (Wildman–Crippen MR) is 105 cm³/mol. The van der Waals surface area contributed by atoms with E-state index in [0.29, 0.717) is 24.3 Å². The first-order valence-electron chi connectivity index (χ1n) is 11.2. The van der Waals surface area contributed by atoms with Crippen LogP contribution < -0.4 is 11.1 Å². The van der Waals surface area contributed by atoms with Crippen molar-refractivity contribution in [3.05, 3.63) is 0 Å². The number of amides is 2. The smallest absolute Gasteiger partial charge is 0.245 e. The highest BCUT2D eigenvalue weighted by Gasteiger charge is 2.42. The van der Waals surface area contributed by atoms with E-state index in [1.807, 2.05) is 9.80 Å². The first-order valence-corrected chi connectivity index (χ1v) is 11.2. The van der Waals surface area contributed by atoms with Crippen LogP contribution in [0.4, 0.5) is 0 Å². The highest BCUT2D eigenvalue weighted by molar-refractivity contribution is 5.90. The molecule has 6 nitrogen and oxygen atoms in total. The SMILES string of the molecule is NCCC1CCN(C(=O)[C@H](CC2CC2)N2CCN[C@@H](CC3CC3)C2=O)CC1. The molecule has 3 N–H and O–H groups in total. The van der Waals surface area contributed by atoms with Gasteiger partial charge in [0.15, 0.2) is 0 Å². The summed E-state index contributed by atoms with van der Waals surface area (Å²) in [4.78, 5) is 30.5. The molecular formula is C21H36N4O2. The number of nitrogens with zero attached hydrogens (tertiary/aromatic N) is 2. The number of likely N-dealkylation sites (tertiary alicyclic amines) is 1. The first-order chi connectivity index (χ1) is 13.2. The van der Waals surface area contributed by atoms with Crippen molar-refractivity contribution in [1.82, 2.24) is 15.1 Å². The van der Waals surface area contributed by atoms with Crippen molar-refractivity contribution in [2.75, 3.05) is 32.7 Å². The van der Waals surface area contributed by atoms with Gasteiger partial charge in [0.25, 0.3) is 0 Å². The molecule has 152 valence electrons. The number of nitrogens with two attached hydrogens (primary N) is 1. The van der Waals surface area contributed by atoms with E-state index in [1.54, 1.807) is 0 Å². The lowest BCUT2D eigenvalue weighted by atomic mass is 9.92. The second kappa shape index (κ2) is 8.48. The van der Waals surface area contributed by atoms with Crippen molar-refractivity contribution < 1.29 is 9.59 Å². The molecule has 2 amide bonds. The minimum Gasteiger partial charge on any atom is -0.341 e. The number of piperazine rings is 1. The summed E-state index contributed by atoms with van der Waals surface area (Å²) in [5.41, 5.74) is 5.70. The van der Waals surface area contributed by atoms with Gasteiger partial charge in [-0.2, -0.15) is 0 Å². The lowest BCUT2D eigenvalue weighted by Crippen LogP contribution is -2.62. The maximum atomic E-state index is 13.4. The van der Waals surface area contributed by atoms with Gasteiger partial charge in [-0.25, -0.2) is 0 Å². The van der Waals surface area contributed by atoms with Gasteiger partial charge < -0.3 is 20.9 Å². The fraction of sp³-hybridized carbons (Fsp3) is 0.905. The molecule has 0 aromatic rings. The Hall–Kier alpha value is -1.14. The highest BCUT2D eigenvalue weighted by Crippen LogP contribution is 2.37. The van der Waals surface area contributed by atoms with Crippen LogP contribution in [0.25, 0.3) is 0 Å². The largest absolute Gasteiger partial charge is 0.341 e.